The lowest BCUT2D eigenvalue weighted by Gasteiger charge is -2.48. The van der Waals surface area contributed by atoms with Crippen LogP contribution >= 0.6 is 0 Å². The first kappa shape index (κ1) is 99.3. The van der Waals surface area contributed by atoms with Crippen LogP contribution in [0, 0.1) is 5.92 Å². The molecule has 0 spiro atoms. The zero-order valence-electron chi connectivity index (χ0n) is 76.6. The van der Waals surface area contributed by atoms with E-state index in [1.54, 1.807) is 0 Å². The number of carbonyl (C=O) groups excluding carboxylic acids is 15. The maximum atomic E-state index is 16.0. The first-order valence-electron chi connectivity index (χ1n) is 48.0. The van der Waals surface area contributed by atoms with Gasteiger partial charge in [0.05, 0.1) is 6.54 Å². The molecule has 12 aliphatic rings. The molecule has 0 radical (unpaired) electrons. The molecule has 12 saturated heterocycles. The van der Waals surface area contributed by atoms with Crippen LogP contribution in [0.2, 0.25) is 0 Å². The number of hydrogen-bond donors (Lipinski definition) is 26. The summed E-state index contributed by atoms with van der Waals surface area (Å²) in [6.07, 6.45) is 2.74. The summed E-state index contributed by atoms with van der Waals surface area (Å²) in [5.41, 5.74) is -18.6. The third-order valence-electron chi connectivity index (χ3n) is 30.0. The second-order valence-electron chi connectivity index (χ2n) is 39.2. The molecule has 12 aliphatic heterocycles. The molecule has 0 bridgehead atoms. The predicted octanol–water partition coefficient (Wildman–Crippen LogP) is -7.74. The minimum Gasteiger partial charge on any atom is -0.459 e. The van der Waals surface area contributed by atoms with Gasteiger partial charge in [-0.2, -0.15) is 0 Å². The number of rotatable bonds is 32. The quantitative estimate of drug-likeness (QED) is 0.0298. The van der Waals surface area contributed by atoms with Gasteiger partial charge in [0, 0.05) is 6.92 Å². The molecule has 1 atom stereocenters. The van der Waals surface area contributed by atoms with Gasteiger partial charge < -0.3 is 143 Å². The third kappa shape index (κ3) is 22.9. The highest BCUT2D eigenvalue weighted by molar-refractivity contribution is 6.06. The van der Waals surface area contributed by atoms with Gasteiger partial charge in [0.1, 0.15) is 79.1 Å². The second kappa shape index (κ2) is 43.4. The summed E-state index contributed by atoms with van der Waals surface area (Å²) < 4.78 is 5.75. The Morgan fingerprint density at radius 1 is 0.267 bits per heavy atom. The Hall–Kier alpha value is -9.21. The smallest absolute Gasteiger partial charge is 0.328 e. The van der Waals surface area contributed by atoms with Crippen molar-refractivity contribution in [1.29, 1.82) is 0 Å². The molecular weight excluding hydrogens is 1690 g/mol. The standard InChI is InChI=1S/C89H144N26O16/c1-60(2)57-63(65(118)131-59-62-7-5-4-6-8-62)103-66(119)78(9-33-90-34-10-78)105-68(121)80(13-37-92-38-14-80)107-70(123)82(17-41-94-42-18-82)109-72(125)84(21-45-96-46-22-84)111-74(127)86(25-49-98-50-26-86)113-76(129)88(29-53-100-54-30-88)115-77(130)89(31-55-101-56-32-89)114-75(128)87(27-51-99-52-28-87)112-73(126)85(23-47-97-48-24-85)110-71(124)83(19-43-95-44-20-83)108-69(122)81(15-39-93-40-16-81)106-67(120)79(11-35-91-36-12-79)104-64(117)58-102-61(3)116/h4-8,60,63,90-101H,9-59H2,1-3H3,(H,102,116)(H,103,119)(H,104,117)(H,105,121)(H,106,120)(H,107,123)(H,108,122)(H,109,125)(H,110,124)(H,111,127)(H,112,126)(H,113,129)(H,114,128)(H,115,130). The van der Waals surface area contributed by atoms with Crippen LogP contribution in [0.4, 0.5) is 0 Å². The molecule has 1 unspecified atom stereocenters. The van der Waals surface area contributed by atoms with Gasteiger partial charge in [-0.15, -0.1) is 0 Å². The Morgan fingerprint density at radius 2 is 0.443 bits per heavy atom. The van der Waals surface area contributed by atoms with Gasteiger partial charge in [0.15, 0.2) is 0 Å². The van der Waals surface area contributed by atoms with Crippen LogP contribution in [-0.4, -0.2) is 325 Å². The molecule has 0 saturated carbocycles. The van der Waals surface area contributed by atoms with Crippen molar-refractivity contribution in [2.75, 3.05) is 164 Å². The van der Waals surface area contributed by atoms with Crippen molar-refractivity contribution < 1.29 is 76.7 Å². The molecular formula is C89H144N26O16. The number of ether oxygens (including phenoxy) is 1. The van der Waals surface area contributed by atoms with Gasteiger partial charge in [0.2, 0.25) is 82.7 Å². The van der Waals surface area contributed by atoms with E-state index in [-0.39, 0.29) is 258 Å². The molecule has 1 aromatic rings. The van der Waals surface area contributed by atoms with Gasteiger partial charge >= 0.3 is 5.97 Å². The fraction of sp³-hybridized carbons (Fsp3) is 0.764. The number of carbonyl (C=O) groups is 15. The number of benzene rings is 1. The van der Waals surface area contributed by atoms with Crippen molar-refractivity contribution in [3.05, 3.63) is 35.9 Å². The minimum atomic E-state index is -1.68. The Bertz CT molecular complexity index is 4210. The van der Waals surface area contributed by atoms with E-state index in [0.717, 1.165) is 5.56 Å². The van der Waals surface area contributed by atoms with Gasteiger partial charge in [-0.3, -0.25) is 67.1 Å². The summed E-state index contributed by atoms with van der Waals surface area (Å²) in [4.78, 5) is 227. The zero-order valence-corrected chi connectivity index (χ0v) is 76.6. The number of esters is 1. The van der Waals surface area contributed by atoms with Crippen LogP contribution < -0.4 is 138 Å². The highest BCUT2D eigenvalue weighted by atomic mass is 16.5. The van der Waals surface area contributed by atoms with Gasteiger partial charge in [-0.1, -0.05) is 44.2 Å². The van der Waals surface area contributed by atoms with Crippen molar-refractivity contribution in [1.82, 2.24) is 138 Å². The highest BCUT2D eigenvalue weighted by Gasteiger charge is 2.60. The fourth-order valence-corrected chi connectivity index (χ4v) is 21.2. The van der Waals surface area contributed by atoms with Crippen LogP contribution in [-0.2, 0) is 83.3 Å². The van der Waals surface area contributed by atoms with Crippen LogP contribution in [0.3, 0.4) is 0 Å². The van der Waals surface area contributed by atoms with E-state index >= 15 is 47.9 Å². The summed E-state index contributed by atoms with van der Waals surface area (Å²) in [7, 11) is 0. The Kier molecular flexibility index (Phi) is 32.9. The van der Waals surface area contributed by atoms with Gasteiger partial charge in [0.25, 0.3) is 0 Å². The molecule has 131 heavy (non-hydrogen) atoms. The Labute approximate surface area is 765 Å². The van der Waals surface area contributed by atoms with Crippen molar-refractivity contribution in [2.45, 2.75) is 260 Å². The van der Waals surface area contributed by atoms with Crippen LogP contribution in [0.25, 0.3) is 0 Å². The molecule has 42 nitrogen and oxygen atoms in total. The minimum absolute atomic E-state index is 0.00273. The van der Waals surface area contributed by atoms with Crippen LogP contribution in [0.15, 0.2) is 30.3 Å². The summed E-state index contributed by atoms with van der Waals surface area (Å²) in [5, 5.41) is 82.8. The number of nitrogens with one attached hydrogen (secondary N) is 26. The van der Waals surface area contributed by atoms with E-state index in [0.29, 0.717) is 78.5 Å². The molecule has 12 heterocycles. The largest absolute Gasteiger partial charge is 0.459 e. The third-order valence-corrected chi connectivity index (χ3v) is 30.0. The lowest BCUT2D eigenvalue weighted by Crippen LogP contribution is -2.77. The SMILES string of the molecule is CC(=O)NCC(=O)NC1(C(=O)NC2(C(=O)NC3(C(=O)NC4(C(=O)NC5(C(=O)NC6(C(=O)NC7(C(=O)NC8(C(=O)NC9(C(=O)NC%10(C(=O)NC%11(C(=O)NC%12(C(=O)NC(CC(C)C)C(=O)OCc%13ccccc%13)CCNCC%12)CCNCC%11)CCNCC%10)CCNCC9)CCNCC8)CCNCC7)CCNCC6)CCNCC5)CCNCC4)CCNCC3)CCNCC2)CCNCC1. The second-order valence-corrected chi connectivity index (χ2v) is 39.2. The van der Waals surface area contributed by atoms with E-state index in [9.17, 15) is 24.0 Å². The predicted molar refractivity (Wildman–Crippen MR) is 482 cm³/mol. The van der Waals surface area contributed by atoms with E-state index < -0.39 is 161 Å². The normalized spacial score (nSPS) is 24.4. The number of hydrogen-bond acceptors (Lipinski definition) is 28. The molecule has 26 N–H and O–H groups in total. The average Bonchev–Trinajstić information content (AvgIpc) is 0.753. The van der Waals surface area contributed by atoms with Crippen molar-refractivity contribution in [3.8, 4) is 0 Å². The van der Waals surface area contributed by atoms with Crippen LogP contribution in [0.1, 0.15) is 187 Å². The summed E-state index contributed by atoms with van der Waals surface area (Å²) in [6, 6.07) is 8.17. The van der Waals surface area contributed by atoms with E-state index in [2.05, 4.69) is 138 Å². The Balaban J connectivity index is 0.703. The Morgan fingerprint density at radius 3 is 0.618 bits per heavy atom. The topological polar surface area (TPSA) is 578 Å². The number of piperidine rings is 12. The van der Waals surface area contributed by atoms with E-state index in [1.165, 1.54) is 6.92 Å². The summed E-state index contributed by atoms with van der Waals surface area (Å²) in [5.74, 6) is -9.16. The van der Waals surface area contributed by atoms with Gasteiger partial charge in [-0.25, -0.2) is 4.79 Å². The molecule has 12 fully saturated rings. The monoisotopic (exact) mass is 1830 g/mol. The van der Waals surface area contributed by atoms with Crippen LogP contribution in [0.5, 0.6) is 0 Å². The lowest BCUT2D eigenvalue weighted by atomic mass is 9.78. The van der Waals surface area contributed by atoms with Crippen molar-refractivity contribution >= 4 is 88.7 Å². The highest BCUT2D eigenvalue weighted by Crippen LogP contribution is 2.37. The van der Waals surface area contributed by atoms with Crippen molar-refractivity contribution in [2.24, 2.45) is 5.92 Å². The molecule has 0 aromatic heterocycles. The molecule has 0 aliphatic carbocycles. The lowest BCUT2D eigenvalue weighted by molar-refractivity contribution is -0.151. The molecule has 13 rings (SSSR count). The first-order chi connectivity index (χ1) is 62.9. The summed E-state index contributed by atoms with van der Waals surface area (Å²) >= 11 is 0. The maximum Gasteiger partial charge on any atom is 0.328 e. The molecule has 1 aromatic carbocycles. The molecule has 42 heteroatoms. The molecule has 726 valence electrons. The summed E-state index contributed by atoms with van der Waals surface area (Å²) in [6.45, 7) is 12.1. The zero-order chi connectivity index (χ0) is 93.1. The average molecular weight is 1830 g/mol. The first-order valence-corrected chi connectivity index (χ1v) is 48.0. The fourth-order valence-electron chi connectivity index (χ4n) is 21.2. The van der Waals surface area contributed by atoms with E-state index in [1.807, 2.05) is 44.2 Å². The van der Waals surface area contributed by atoms with E-state index in [4.69, 9.17) is 4.74 Å². The number of amides is 14. The van der Waals surface area contributed by atoms with Crippen molar-refractivity contribution in [3.63, 3.8) is 0 Å². The maximum absolute atomic E-state index is 16.0. The van der Waals surface area contributed by atoms with Gasteiger partial charge in [-0.05, 0) is 329 Å². The molecule has 14 amide bonds.